The minimum absolute atomic E-state index is 0.0448. The van der Waals surface area contributed by atoms with E-state index in [4.69, 9.17) is 4.42 Å². The summed E-state index contributed by atoms with van der Waals surface area (Å²) in [5.41, 5.74) is 0.384. The van der Waals surface area contributed by atoms with Crippen molar-refractivity contribution in [2.45, 2.75) is 32.6 Å². The number of nitrogens with zero attached hydrogens (tertiary/aromatic N) is 1. The molecule has 0 saturated carbocycles. The largest absolute Gasteiger partial charge is 0.478 e. The van der Waals surface area contributed by atoms with Crippen LogP contribution in [0.25, 0.3) is 11.3 Å². The van der Waals surface area contributed by atoms with E-state index in [1.54, 1.807) is 18.2 Å². The first-order valence-corrected chi connectivity index (χ1v) is 10.3. The second kappa shape index (κ2) is 12.3. The molecule has 0 bridgehead atoms. The van der Waals surface area contributed by atoms with Crippen LogP contribution in [0.2, 0.25) is 0 Å². The smallest absolute Gasteiger partial charge is 0.336 e. The molecule has 1 unspecified atom stereocenters. The molecule has 10 nitrogen and oxygen atoms in total. The quantitative estimate of drug-likeness (QED) is 0.122. The standard InChI is InChI=1S/C22H27N3O7/c1-2-3-4-7-15(12-25(31)14-26)20(27)23-13-24-21(28)19-11-10-18(32-19)16-8-5-6-9-17(16)22(29)30/h5-6,8-11,14-15,31H,2-4,7,12-13H2,1H3,(H,23,27)(H,24,28)(H,29,30). The third-order valence-electron chi connectivity index (χ3n) is 4.82. The molecule has 0 radical (unpaired) electrons. The molecule has 1 aromatic carbocycles. The fourth-order valence-electron chi connectivity index (χ4n) is 3.15. The summed E-state index contributed by atoms with van der Waals surface area (Å²) in [4.78, 5) is 46.8. The van der Waals surface area contributed by atoms with Gasteiger partial charge >= 0.3 is 5.97 Å². The molecule has 0 aliphatic rings. The SMILES string of the molecule is CCCCCC(CN(O)C=O)C(=O)NCNC(=O)c1ccc(-c2ccccc2C(=O)O)o1. The van der Waals surface area contributed by atoms with Gasteiger partial charge in [-0.05, 0) is 24.6 Å². The van der Waals surface area contributed by atoms with Crippen LogP contribution in [0.1, 0.15) is 53.5 Å². The Morgan fingerprint density at radius 2 is 1.88 bits per heavy atom. The lowest BCUT2D eigenvalue weighted by Crippen LogP contribution is -2.42. The molecule has 10 heteroatoms. The van der Waals surface area contributed by atoms with Crippen LogP contribution in [0.15, 0.2) is 40.8 Å². The zero-order chi connectivity index (χ0) is 23.5. The Balaban J connectivity index is 1.94. The average molecular weight is 445 g/mol. The Morgan fingerprint density at radius 3 is 2.56 bits per heavy atom. The summed E-state index contributed by atoms with van der Waals surface area (Å²) >= 11 is 0. The molecule has 0 aliphatic carbocycles. The van der Waals surface area contributed by atoms with Gasteiger partial charge in [-0.1, -0.05) is 44.4 Å². The van der Waals surface area contributed by atoms with E-state index in [1.807, 2.05) is 6.92 Å². The van der Waals surface area contributed by atoms with Gasteiger partial charge in [-0.25, -0.2) is 9.86 Å². The number of carbonyl (C=O) groups excluding carboxylic acids is 3. The molecule has 2 aromatic rings. The van der Waals surface area contributed by atoms with Crippen molar-refractivity contribution in [3.8, 4) is 11.3 Å². The first-order valence-electron chi connectivity index (χ1n) is 10.3. The lowest BCUT2D eigenvalue weighted by atomic mass is 10.0. The van der Waals surface area contributed by atoms with Gasteiger partial charge in [0.15, 0.2) is 5.76 Å². The normalized spacial score (nSPS) is 11.4. The Kier molecular flexibility index (Phi) is 9.43. The molecule has 4 N–H and O–H groups in total. The molecule has 0 aliphatic heterocycles. The number of amides is 3. The van der Waals surface area contributed by atoms with E-state index in [2.05, 4.69) is 10.6 Å². The van der Waals surface area contributed by atoms with Crippen LogP contribution in [0.5, 0.6) is 0 Å². The summed E-state index contributed by atoms with van der Waals surface area (Å²) in [7, 11) is 0. The van der Waals surface area contributed by atoms with E-state index >= 15 is 0 Å². The van der Waals surface area contributed by atoms with E-state index in [1.165, 1.54) is 18.2 Å². The highest BCUT2D eigenvalue weighted by Gasteiger charge is 2.21. The number of nitrogens with one attached hydrogen (secondary N) is 2. The summed E-state index contributed by atoms with van der Waals surface area (Å²) in [6, 6.07) is 9.17. The second-order valence-electron chi connectivity index (χ2n) is 7.16. The van der Waals surface area contributed by atoms with Crippen molar-refractivity contribution in [3.05, 3.63) is 47.7 Å². The Morgan fingerprint density at radius 1 is 1.12 bits per heavy atom. The first-order chi connectivity index (χ1) is 15.4. The maximum Gasteiger partial charge on any atom is 0.336 e. The zero-order valence-corrected chi connectivity index (χ0v) is 17.7. The van der Waals surface area contributed by atoms with Crippen molar-refractivity contribution in [2.75, 3.05) is 13.2 Å². The molecular weight excluding hydrogens is 418 g/mol. The average Bonchev–Trinajstić information content (AvgIpc) is 3.28. The Labute approximate surface area is 185 Å². The number of rotatable bonds is 13. The van der Waals surface area contributed by atoms with Crippen molar-refractivity contribution in [2.24, 2.45) is 5.92 Å². The number of carbonyl (C=O) groups is 4. The van der Waals surface area contributed by atoms with Crippen LogP contribution in [0, 0.1) is 5.92 Å². The fraction of sp³-hybridized carbons (Fsp3) is 0.364. The van der Waals surface area contributed by atoms with Gasteiger partial charge < -0.3 is 20.2 Å². The number of aromatic carboxylic acids is 1. The van der Waals surface area contributed by atoms with Crippen LogP contribution in [0.3, 0.4) is 0 Å². The number of hydroxylamine groups is 2. The highest BCUT2D eigenvalue weighted by molar-refractivity contribution is 5.96. The molecular formula is C22H27N3O7. The minimum atomic E-state index is -1.12. The minimum Gasteiger partial charge on any atom is -0.478 e. The molecule has 32 heavy (non-hydrogen) atoms. The molecule has 1 heterocycles. The number of benzene rings is 1. The van der Waals surface area contributed by atoms with Gasteiger partial charge in [0.25, 0.3) is 5.91 Å². The van der Waals surface area contributed by atoms with Crippen molar-refractivity contribution < 1.29 is 33.9 Å². The second-order valence-corrected chi connectivity index (χ2v) is 7.16. The zero-order valence-electron chi connectivity index (χ0n) is 17.7. The molecule has 172 valence electrons. The van der Waals surface area contributed by atoms with Crippen LogP contribution in [0.4, 0.5) is 0 Å². The van der Waals surface area contributed by atoms with E-state index in [0.29, 0.717) is 17.0 Å². The predicted octanol–water partition coefficient (Wildman–Crippen LogP) is 2.49. The van der Waals surface area contributed by atoms with E-state index in [9.17, 15) is 29.5 Å². The molecule has 0 spiro atoms. The van der Waals surface area contributed by atoms with Crippen molar-refractivity contribution >= 4 is 24.2 Å². The molecule has 1 aromatic heterocycles. The summed E-state index contributed by atoms with van der Waals surface area (Å²) in [6.45, 7) is 1.70. The van der Waals surface area contributed by atoms with Gasteiger partial charge in [0.1, 0.15) is 5.76 Å². The lowest BCUT2D eigenvalue weighted by Gasteiger charge is -2.19. The van der Waals surface area contributed by atoms with Crippen molar-refractivity contribution in [3.63, 3.8) is 0 Å². The van der Waals surface area contributed by atoms with Crippen molar-refractivity contribution in [1.29, 1.82) is 0 Å². The maximum absolute atomic E-state index is 12.4. The highest BCUT2D eigenvalue weighted by Crippen LogP contribution is 2.26. The molecule has 0 saturated heterocycles. The third-order valence-corrected chi connectivity index (χ3v) is 4.82. The first kappa shape index (κ1) is 24.6. The monoisotopic (exact) mass is 445 g/mol. The van der Waals surface area contributed by atoms with Crippen LogP contribution >= 0.6 is 0 Å². The van der Waals surface area contributed by atoms with E-state index in [0.717, 1.165) is 19.3 Å². The Bertz CT molecular complexity index is 941. The van der Waals surface area contributed by atoms with Crippen LogP contribution in [-0.4, -0.2) is 52.8 Å². The third kappa shape index (κ3) is 6.95. The lowest BCUT2D eigenvalue weighted by molar-refractivity contribution is -0.154. The van der Waals surface area contributed by atoms with Gasteiger partial charge in [0.05, 0.1) is 24.7 Å². The molecule has 0 fully saturated rings. The number of unbranched alkanes of at least 4 members (excludes halogenated alkanes) is 2. The topological polar surface area (TPSA) is 149 Å². The number of carboxylic acids is 1. The summed E-state index contributed by atoms with van der Waals surface area (Å²) in [5, 5.41) is 24.2. The molecule has 3 amide bonds. The van der Waals surface area contributed by atoms with Crippen LogP contribution < -0.4 is 10.6 Å². The fourth-order valence-corrected chi connectivity index (χ4v) is 3.15. The van der Waals surface area contributed by atoms with Gasteiger partial charge in [0, 0.05) is 5.56 Å². The number of furan rings is 1. The van der Waals surface area contributed by atoms with Gasteiger partial charge in [-0.2, -0.15) is 0 Å². The molecule has 1 atom stereocenters. The maximum atomic E-state index is 12.4. The summed E-state index contributed by atoms with van der Waals surface area (Å²) < 4.78 is 5.49. The van der Waals surface area contributed by atoms with Gasteiger partial charge in [-0.3, -0.25) is 19.6 Å². The Hall–Kier alpha value is -3.66. The molecule has 2 rings (SSSR count). The highest BCUT2D eigenvalue weighted by atomic mass is 16.5. The van der Waals surface area contributed by atoms with Crippen LogP contribution in [-0.2, 0) is 9.59 Å². The van der Waals surface area contributed by atoms with Gasteiger partial charge in [0.2, 0.25) is 12.3 Å². The number of carboxylic acid groups (broad SMARTS) is 1. The summed E-state index contributed by atoms with van der Waals surface area (Å²) in [5.74, 6) is -2.55. The summed E-state index contributed by atoms with van der Waals surface area (Å²) in [6.07, 6.45) is 3.37. The number of hydrogen-bond donors (Lipinski definition) is 4. The van der Waals surface area contributed by atoms with Crippen molar-refractivity contribution in [1.82, 2.24) is 15.7 Å². The van der Waals surface area contributed by atoms with E-state index < -0.39 is 23.7 Å². The predicted molar refractivity (Wildman–Crippen MR) is 114 cm³/mol. The van der Waals surface area contributed by atoms with Gasteiger partial charge in [-0.15, -0.1) is 0 Å². The van der Waals surface area contributed by atoms with E-state index in [-0.39, 0.29) is 36.7 Å². The number of hydrogen-bond acceptors (Lipinski definition) is 6.